The van der Waals surface area contributed by atoms with E-state index in [0.717, 1.165) is 11.1 Å². The van der Waals surface area contributed by atoms with Crippen LogP contribution in [0.2, 0.25) is 0 Å². The van der Waals surface area contributed by atoms with Gasteiger partial charge in [-0.2, -0.15) is 0 Å². The van der Waals surface area contributed by atoms with E-state index in [0.29, 0.717) is 0 Å². The number of nitrogens with two attached hydrogens (primary N) is 2. The summed E-state index contributed by atoms with van der Waals surface area (Å²) in [5.41, 5.74) is 12.5. The number of thiocarbonyl (C=S) groups is 1. The van der Waals surface area contributed by atoms with Gasteiger partial charge in [0.1, 0.15) is 5.84 Å². The van der Waals surface area contributed by atoms with E-state index in [9.17, 15) is 4.79 Å². The monoisotopic (exact) mass is 262 g/mol. The van der Waals surface area contributed by atoms with E-state index in [1.54, 1.807) is 0 Å². The van der Waals surface area contributed by atoms with Crippen molar-refractivity contribution in [3.8, 4) is 0 Å². The van der Waals surface area contributed by atoms with Gasteiger partial charge in [0.05, 0.1) is 0 Å². The van der Waals surface area contributed by atoms with Gasteiger partial charge in [0.2, 0.25) is 5.11 Å². The Balaban J connectivity index is 2.31. The summed E-state index contributed by atoms with van der Waals surface area (Å²) in [6.45, 7) is 1.99. The lowest BCUT2D eigenvalue weighted by atomic mass is 9.88. The molecule has 1 aliphatic heterocycles. The topological polar surface area (TPSA) is 93.5 Å². The average Bonchev–Trinajstić information content (AvgIpc) is 2.30. The fourth-order valence-electron chi connectivity index (χ4n) is 1.76. The lowest BCUT2D eigenvalue weighted by Gasteiger charge is -2.30. The van der Waals surface area contributed by atoms with Crippen LogP contribution >= 0.6 is 12.2 Å². The number of aliphatic imine (C=N–C) groups is 1. The van der Waals surface area contributed by atoms with Crippen molar-refractivity contribution in [2.45, 2.75) is 18.9 Å². The number of carbonyl (C=O) groups is 1. The summed E-state index contributed by atoms with van der Waals surface area (Å²) in [5.74, 6) is -0.364. The third-order valence-electron chi connectivity index (χ3n) is 2.91. The van der Waals surface area contributed by atoms with Crippen molar-refractivity contribution in [3.05, 3.63) is 35.4 Å². The number of carbonyl (C=O) groups excluding carboxylic acids is 1. The largest absolute Gasteiger partial charge is 0.385 e. The molecular formula is C12H14N4OS. The van der Waals surface area contributed by atoms with E-state index < -0.39 is 11.4 Å². The maximum absolute atomic E-state index is 11.9. The molecule has 0 bridgehead atoms. The number of aryl methyl sites for hydroxylation is 1. The van der Waals surface area contributed by atoms with Crippen molar-refractivity contribution in [3.63, 3.8) is 0 Å². The van der Waals surface area contributed by atoms with Crippen LogP contribution in [0.1, 0.15) is 11.1 Å². The first-order valence-corrected chi connectivity index (χ1v) is 5.87. The number of amides is 1. The number of nitrogens with one attached hydrogen (secondary N) is 1. The summed E-state index contributed by atoms with van der Waals surface area (Å²) in [4.78, 5) is 15.8. The predicted molar refractivity (Wildman–Crippen MR) is 74.2 cm³/mol. The molecule has 6 heteroatoms. The fraction of sp³-hybridized carbons (Fsp3) is 0.250. The normalized spacial score (nSPS) is 23.6. The van der Waals surface area contributed by atoms with Gasteiger partial charge in [-0.15, -0.1) is 0 Å². The van der Waals surface area contributed by atoms with E-state index >= 15 is 0 Å². The second kappa shape index (κ2) is 4.47. The summed E-state index contributed by atoms with van der Waals surface area (Å²) in [6.07, 6.45) is 0.289. The average molecular weight is 262 g/mol. The van der Waals surface area contributed by atoms with Crippen LogP contribution in [0.5, 0.6) is 0 Å². The van der Waals surface area contributed by atoms with Gasteiger partial charge in [-0.05, 0) is 24.7 Å². The van der Waals surface area contributed by atoms with Gasteiger partial charge in [0.15, 0.2) is 5.54 Å². The van der Waals surface area contributed by atoms with E-state index in [-0.39, 0.29) is 17.4 Å². The van der Waals surface area contributed by atoms with E-state index in [4.69, 9.17) is 23.7 Å². The maximum Gasteiger partial charge on any atom is 0.254 e. The summed E-state index contributed by atoms with van der Waals surface area (Å²) < 4.78 is 0. The van der Waals surface area contributed by atoms with Crippen LogP contribution in [-0.2, 0) is 11.2 Å². The molecule has 0 saturated carbocycles. The van der Waals surface area contributed by atoms with Crippen molar-refractivity contribution in [2.24, 2.45) is 16.5 Å². The smallest absolute Gasteiger partial charge is 0.254 e. The number of nitrogens with zero attached hydrogens (tertiary/aromatic N) is 1. The first-order valence-electron chi connectivity index (χ1n) is 5.46. The Morgan fingerprint density at radius 2 is 2.00 bits per heavy atom. The quantitative estimate of drug-likeness (QED) is 0.654. The minimum atomic E-state index is -1.34. The highest BCUT2D eigenvalue weighted by atomic mass is 32.1. The number of hydrogen-bond acceptors (Lipinski definition) is 4. The Kier molecular flexibility index (Phi) is 3.14. The zero-order chi connectivity index (χ0) is 13.3. The SMILES string of the molecule is Cc1ccc(CC2(N)C(=O)NC(=S)N=C2N)cc1. The molecule has 2 rings (SSSR count). The maximum atomic E-state index is 11.9. The fourth-order valence-corrected chi connectivity index (χ4v) is 1.95. The Labute approximate surface area is 110 Å². The molecule has 1 heterocycles. The second-order valence-corrected chi connectivity index (χ2v) is 4.78. The lowest BCUT2D eigenvalue weighted by Crippen LogP contribution is -2.67. The molecule has 0 fully saturated rings. The van der Waals surface area contributed by atoms with Crippen LogP contribution < -0.4 is 16.8 Å². The molecule has 0 aliphatic carbocycles. The first-order chi connectivity index (χ1) is 8.41. The van der Waals surface area contributed by atoms with Gasteiger partial charge in [0.25, 0.3) is 5.91 Å². The molecule has 1 atom stereocenters. The predicted octanol–water partition coefficient (Wildman–Crippen LogP) is 0.00692. The van der Waals surface area contributed by atoms with E-state index in [2.05, 4.69) is 10.3 Å². The molecule has 5 N–H and O–H groups in total. The van der Waals surface area contributed by atoms with E-state index in [1.807, 2.05) is 31.2 Å². The standard InChI is InChI=1S/C12H14N4OS/c1-7-2-4-8(5-3-7)6-12(14)9(13)15-11(18)16-10(12)17/h2-5H,6,14H2,1H3,(H3,13,15,16,17,18). The number of hydrogen-bond donors (Lipinski definition) is 3. The van der Waals surface area contributed by atoms with Crippen LogP contribution in [0, 0.1) is 6.92 Å². The zero-order valence-electron chi connectivity index (χ0n) is 9.93. The molecule has 18 heavy (non-hydrogen) atoms. The van der Waals surface area contributed by atoms with Crippen LogP contribution in [0.4, 0.5) is 0 Å². The van der Waals surface area contributed by atoms with Crippen molar-refractivity contribution in [1.29, 1.82) is 0 Å². The minimum Gasteiger partial charge on any atom is -0.385 e. The summed E-state index contributed by atoms with van der Waals surface area (Å²) >= 11 is 4.79. The van der Waals surface area contributed by atoms with Crippen LogP contribution in [0.15, 0.2) is 29.3 Å². The zero-order valence-corrected chi connectivity index (χ0v) is 10.8. The molecule has 1 aromatic rings. The summed E-state index contributed by atoms with van der Waals surface area (Å²) in [7, 11) is 0. The van der Waals surface area contributed by atoms with E-state index in [1.165, 1.54) is 0 Å². The van der Waals surface area contributed by atoms with Gasteiger partial charge in [-0.25, -0.2) is 4.99 Å². The molecule has 1 unspecified atom stereocenters. The molecule has 1 aromatic carbocycles. The van der Waals surface area contributed by atoms with Gasteiger partial charge < -0.3 is 11.5 Å². The number of benzene rings is 1. The van der Waals surface area contributed by atoms with Gasteiger partial charge >= 0.3 is 0 Å². The highest BCUT2D eigenvalue weighted by Crippen LogP contribution is 2.15. The number of amidine groups is 1. The summed E-state index contributed by atoms with van der Waals surface area (Å²) in [5, 5.41) is 2.49. The van der Waals surface area contributed by atoms with Crippen molar-refractivity contribution >= 4 is 29.1 Å². The Bertz CT molecular complexity index is 538. The highest BCUT2D eigenvalue weighted by molar-refractivity contribution is 7.80. The molecule has 0 aromatic heterocycles. The molecule has 5 nitrogen and oxygen atoms in total. The third kappa shape index (κ3) is 2.25. The van der Waals surface area contributed by atoms with Crippen LogP contribution in [-0.4, -0.2) is 22.4 Å². The molecule has 0 saturated heterocycles. The number of rotatable bonds is 2. The first kappa shape index (κ1) is 12.7. The third-order valence-corrected chi connectivity index (χ3v) is 3.10. The summed E-state index contributed by atoms with van der Waals surface area (Å²) in [6, 6.07) is 7.74. The van der Waals surface area contributed by atoms with Crippen molar-refractivity contribution in [1.82, 2.24) is 5.32 Å². The van der Waals surface area contributed by atoms with Crippen LogP contribution in [0.3, 0.4) is 0 Å². The molecule has 1 amide bonds. The van der Waals surface area contributed by atoms with Gasteiger partial charge in [-0.1, -0.05) is 29.8 Å². The molecular weight excluding hydrogens is 248 g/mol. The Morgan fingerprint density at radius 3 is 2.56 bits per heavy atom. The van der Waals surface area contributed by atoms with Crippen molar-refractivity contribution < 1.29 is 4.79 Å². The Morgan fingerprint density at radius 1 is 1.39 bits per heavy atom. The highest BCUT2D eigenvalue weighted by Gasteiger charge is 2.41. The molecule has 94 valence electrons. The van der Waals surface area contributed by atoms with Crippen LogP contribution in [0.25, 0.3) is 0 Å². The van der Waals surface area contributed by atoms with Gasteiger partial charge in [-0.3, -0.25) is 10.1 Å². The second-order valence-electron chi connectivity index (χ2n) is 4.39. The van der Waals surface area contributed by atoms with Gasteiger partial charge in [0, 0.05) is 6.42 Å². The van der Waals surface area contributed by atoms with Crippen molar-refractivity contribution in [2.75, 3.05) is 0 Å². The molecule has 0 radical (unpaired) electrons. The lowest BCUT2D eigenvalue weighted by molar-refractivity contribution is -0.122. The molecule has 1 aliphatic rings. The minimum absolute atomic E-state index is 0.0526. The Hall–Kier alpha value is -1.79. The molecule has 0 spiro atoms.